The van der Waals surface area contributed by atoms with E-state index in [-0.39, 0.29) is 5.69 Å². The topological polar surface area (TPSA) is 56.3 Å². The molecule has 0 fully saturated rings. The van der Waals surface area contributed by atoms with Gasteiger partial charge in [-0.3, -0.25) is 10.1 Å². The minimum absolute atomic E-state index is 0.0492. The predicted octanol–water partition coefficient (Wildman–Crippen LogP) is 3.93. The number of nitro groups is 1. The third-order valence-corrected chi connectivity index (χ3v) is 2.99. The van der Waals surface area contributed by atoms with Crippen molar-refractivity contribution in [2.24, 2.45) is 0 Å². The summed E-state index contributed by atoms with van der Waals surface area (Å²) in [5.41, 5.74) is 1.75. The zero-order valence-corrected chi connectivity index (χ0v) is 10.1. The van der Waals surface area contributed by atoms with E-state index in [4.69, 9.17) is 4.42 Å². The Morgan fingerprint density at radius 1 is 1.05 bits per heavy atom. The Morgan fingerprint density at radius 3 is 2.58 bits per heavy atom. The van der Waals surface area contributed by atoms with Gasteiger partial charge in [-0.15, -0.1) is 0 Å². The summed E-state index contributed by atoms with van der Waals surface area (Å²) < 4.78 is 5.66. The van der Waals surface area contributed by atoms with Gasteiger partial charge in [0.15, 0.2) is 0 Å². The van der Waals surface area contributed by atoms with Crippen LogP contribution in [0.15, 0.2) is 59.0 Å². The van der Waals surface area contributed by atoms with Crippen LogP contribution >= 0.6 is 0 Å². The quantitative estimate of drug-likeness (QED) is 0.525. The Kier molecular flexibility index (Phi) is 2.76. The number of nitro benzene ring substituents is 1. The Bertz CT molecular complexity index is 731. The second-order valence-electron chi connectivity index (χ2n) is 4.35. The van der Waals surface area contributed by atoms with Crippen LogP contribution in [0.4, 0.5) is 5.69 Å². The molecule has 2 aromatic carbocycles. The van der Waals surface area contributed by atoms with Crippen molar-refractivity contribution in [3.05, 3.63) is 76.0 Å². The first kappa shape index (κ1) is 11.5. The first-order valence-electron chi connectivity index (χ1n) is 5.93. The van der Waals surface area contributed by atoms with Gasteiger partial charge in [0.05, 0.1) is 11.0 Å². The molecule has 0 aliphatic heterocycles. The van der Waals surface area contributed by atoms with E-state index in [0.29, 0.717) is 12.0 Å². The van der Waals surface area contributed by atoms with E-state index in [0.717, 1.165) is 16.7 Å². The van der Waals surface area contributed by atoms with Gasteiger partial charge >= 0.3 is 0 Å². The highest BCUT2D eigenvalue weighted by molar-refractivity contribution is 5.80. The fourth-order valence-corrected chi connectivity index (χ4v) is 2.07. The number of non-ortho nitro benzene ring substituents is 1. The number of nitrogens with zero attached hydrogens (tertiary/aromatic N) is 1. The molecule has 0 saturated carbocycles. The van der Waals surface area contributed by atoms with Crippen LogP contribution in [0, 0.1) is 10.1 Å². The number of benzene rings is 2. The van der Waals surface area contributed by atoms with Crippen LogP contribution in [0.1, 0.15) is 11.3 Å². The van der Waals surface area contributed by atoms with E-state index >= 15 is 0 Å². The molecule has 0 amide bonds. The molecule has 0 spiro atoms. The molecule has 0 saturated heterocycles. The summed E-state index contributed by atoms with van der Waals surface area (Å²) in [6.07, 6.45) is 0.684. The number of hydrogen-bond acceptors (Lipinski definition) is 3. The SMILES string of the molecule is O=[N+]([O-])c1ccc2cc(Cc3ccccc3)oc2c1. The fourth-order valence-electron chi connectivity index (χ4n) is 2.07. The molecule has 0 unspecified atom stereocenters. The summed E-state index contributed by atoms with van der Waals surface area (Å²) in [4.78, 5) is 10.3. The van der Waals surface area contributed by atoms with Crippen LogP contribution in [0.5, 0.6) is 0 Å². The molecule has 0 bridgehead atoms. The number of rotatable bonds is 3. The number of furan rings is 1. The van der Waals surface area contributed by atoms with Crippen LogP contribution in [0.3, 0.4) is 0 Å². The maximum atomic E-state index is 10.7. The summed E-state index contributed by atoms with van der Waals surface area (Å²) in [5, 5.41) is 11.6. The van der Waals surface area contributed by atoms with Crippen molar-refractivity contribution < 1.29 is 9.34 Å². The maximum absolute atomic E-state index is 10.7. The van der Waals surface area contributed by atoms with Crippen molar-refractivity contribution in [1.82, 2.24) is 0 Å². The molecule has 3 rings (SSSR count). The van der Waals surface area contributed by atoms with Gasteiger partial charge in [0.2, 0.25) is 0 Å². The molecule has 1 aromatic heterocycles. The van der Waals surface area contributed by atoms with Crippen LogP contribution in [-0.4, -0.2) is 4.92 Å². The molecule has 0 N–H and O–H groups in total. The van der Waals surface area contributed by atoms with E-state index in [1.54, 1.807) is 6.07 Å². The molecule has 3 aromatic rings. The second-order valence-corrected chi connectivity index (χ2v) is 4.35. The van der Waals surface area contributed by atoms with Crippen LogP contribution in [-0.2, 0) is 6.42 Å². The molecule has 1 heterocycles. The van der Waals surface area contributed by atoms with Crippen molar-refractivity contribution in [2.75, 3.05) is 0 Å². The van der Waals surface area contributed by atoms with Gasteiger partial charge in [-0.25, -0.2) is 0 Å². The van der Waals surface area contributed by atoms with Gasteiger partial charge in [-0.05, 0) is 17.7 Å². The first-order chi connectivity index (χ1) is 9.22. The van der Waals surface area contributed by atoms with Crippen LogP contribution < -0.4 is 0 Å². The average Bonchev–Trinajstić information content (AvgIpc) is 2.80. The smallest absolute Gasteiger partial charge is 0.273 e. The van der Waals surface area contributed by atoms with Gasteiger partial charge in [-0.1, -0.05) is 30.3 Å². The molecule has 4 nitrogen and oxygen atoms in total. The summed E-state index contributed by atoms with van der Waals surface area (Å²) in [6, 6.07) is 16.5. The summed E-state index contributed by atoms with van der Waals surface area (Å²) in [7, 11) is 0. The zero-order chi connectivity index (χ0) is 13.2. The molecular formula is C15H11NO3. The Balaban J connectivity index is 1.95. The largest absolute Gasteiger partial charge is 0.460 e. The summed E-state index contributed by atoms with van der Waals surface area (Å²) in [5.74, 6) is 0.807. The van der Waals surface area contributed by atoms with Gasteiger partial charge in [-0.2, -0.15) is 0 Å². The van der Waals surface area contributed by atoms with Crippen molar-refractivity contribution in [3.63, 3.8) is 0 Å². The normalized spacial score (nSPS) is 10.7. The number of fused-ring (bicyclic) bond motifs is 1. The van der Waals surface area contributed by atoms with Gasteiger partial charge < -0.3 is 4.42 Å². The lowest BCUT2D eigenvalue weighted by Gasteiger charge is -1.96. The lowest BCUT2D eigenvalue weighted by molar-refractivity contribution is -0.384. The van der Waals surface area contributed by atoms with Gasteiger partial charge in [0.25, 0.3) is 5.69 Å². The van der Waals surface area contributed by atoms with Crippen LogP contribution in [0.25, 0.3) is 11.0 Å². The van der Waals surface area contributed by atoms with E-state index in [1.807, 2.05) is 36.4 Å². The highest BCUT2D eigenvalue weighted by Gasteiger charge is 2.10. The zero-order valence-electron chi connectivity index (χ0n) is 10.1. The van der Waals surface area contributed by atoms with Crippen molar-refractivity contribution in [2.45, 2.75) is 6.42 Å². The van der Waals surface area contributed by atoms with E-state index < -0.39 is 4.92 Å². The van der Waals surface area contributed by atoms with Crippen molar-refractivity contribution >= 4 is 16.7 Å². The standard InChI is InChI=1S/C15H11NO3/c17-16(18)13-7-6-12-9-14(19-15(12)10-13)8-11-4-2-1-3-5-11/h1-7,9-10H,8H2. The second kappa shape index (κ2) is 4.57. The Morgan fingerprint density at radius 2 is 1.84 bits per heavy atom. The lowest BCUT2D eigenvalue weighted by atomic mass is 10.1. The van der Waals surface area contributed by atoms with E-state index in [1.165, 1.54) is 12.1 Å². The molecule has 4 heteroatoms. The van der Waals surface area contributed by atoms with Crippen molar-refractivity contribution in [1.29, 1.82) is 0 Å². The summed E-state index contributed by atoms with van der Waals surface area (Å²) >= 11 is 0. The predicted molar refractivity (Wildman–Crippen MR) is 72.1 cm³/mol. The lowest BCUT2D eigenvalue weighted by Crippen LogP contribution is -1.85. The minimum Gasteiger partial charge on any atom is -0.460 e. The fraction of sp³-hybridized carbons (Fsp3) is 0.0667. The average molecular weight is 253 g/mol. The molecule has 19 heavy (non-hydrogen) atoms. The molecule has 0 aliphatic rings. The van der Waals surface area contributed by atoms with Gasteiger partial charge in [0, 0.05) is 17.9 Å². The number of hydrogen-bond donors (Lipinski definition) is 0. The van der Waals surface area contributed by atoms with Crippen molar-refractivity contribution in [3.8, 4) is 0 Å². The monoisotopic (exact) mass is 253 g/mol. The highest BCUT2D eigenvalue weighted by Crippen LogP contribution is 2.25. The molecule has 0 radical (unpaired) electrons. The van der Waals surface area contributed by atoms with Crippen LogP contribution in [0.2, 0.25) is 0 Å². The molecule has 0 atom stereocenters. The molecule has 94 valence electrons. The van der Waals surface area contributed by atoms with Gasteiger partial charge in [0.1, 0.15) is 11.3 Å². The summed E-state index contributed by atoms with van der Waals surface area (Å²) in [6.45, 7) is 0. The highest BCUT2D eigenvalue weighted by atomic mass is 16.6. The third kappa shape index (κ3) is 2.33. The Hall–Kier alpha value is -2.62. The van der Waals surface area contributed by atoms with E-state index in [2.05, 4.69) is 0 Å². The molecular weight excluding hydrogens is 242 g/mol. The minimum atomic E-state index is -0.418. The maximum Gasteiger partial charge on any atom is 0.273 e. The Labute approximate surface area is 109 Å². The first-order valence-corrected chi connectivity index (χ1v) is 5.93. The molecule has 0 aliphatic carbocycles. The van der Waals surface area contributed by atoms with E-state index in [9.17, 15) is 10.1 Å². The third-order valence-electron chi connectivity index (χ3n) is 2.99.